The van der Waals surface area contributed by atoms with Crippen LogP contribution in [0.4, 0.5) is 8.78 Å². The highest BCUT2D eigenvalue weighted by atomic mass is 79.9. The van der Waals surface area contributed by atoms with Gasteiger partial charge in [-0.1, -0.05) is 28.1 Å². The molecular weight excluding hydrogens is 442 g/mol. The number of nitrogens with one attached hydrogen (secondary N) is 1. The smallest absolute Gasteiger partial charge is 0.243 e. The summed E-state index contributed by atoms with van der Waals surface area (Å²) in [6.07, 6.45) is 1.46. The fraction of sp³-hybridized carbons (Fsp3) is 0.0556. The zero-order valence-corrected chi connectivity index (χ0v) is 16.1. The van der Waals surface area contributed by atoms with Gasteiger partial charge in [0, 0.05) is 28.8 Å². The molecule has 2 aromatic carbocycles. The van der Waals surface area contributed by atoms with Crippen LogP contribution in [0.3, 0.4) is 0 Å². The van der Waals surface area contributed by atoms with Gasteiger partial charge in [0.25, 0.3) is 0 Å². The number of hydrogen-bond acceptors (Lipinski definition) is 4. The molecule has 0 aliphatic carbocycles. The Hall–Kier alpha value is -2.36. The van der Waals surface area contributed by atoms with Gasteiger partial charge in [-0.15, -0.1) is 0 Å². The Morgan fingerprint density at radius 3 is 2.67 bits per heavy atom. The number of halogens is 3. The van der Waals surface area contributed by atoms with E-state index in [2.05, 4.69) is 25.6 Å². The molecule has 0 saturated heterocycles. The first-order chi connectivity index (χ1) is 12.8. The van der Waals surface area contributed by atoms with Crippen LogP contribution in [0.5, 0.6) is 11.6 Å². The minimum absolute atomic E-state index is 0.112. The number of hydrogen-bond donors (Lipinski definition) is 1. The standard InChI is InChI=1S/C18H13BrF2N2O3S/c19-13-6-7-16(21)17(9-13)27(24,25)23-11-12-3-2-8-22-18(12)26-15-5-1-4-14(20)10-15/h1-10,23H,11H2. The molecule has 0 atom stereocenters. The van der Waals surface area contributed by atoms with Crippen molar-refractivity contribution in [1.82, 2.24) is 9.71 Å². The monoisotopic (exact) mass is 454 g/mol. The maximum absolute atomic E-state index is 13.9. The van der Waals surface area contributed by atoms with Crippen LogP contribution >= 0.6 is 15.9 Å². The fourth-order valence-corrected chi connectivity index (χ4v) is 3.85. The van der Waals surface area contributed by atoms with Crippen molar-refractivity contribution < 1.29 is 21.9 Å². The third kappa shape index (κ3) is 4.88. The third-order valence-corrected chi connectivity index (χ3v) is 5.41. The van der Waals surface area contributed by atoms with E-state index in [9.17, 15) is 17.2 Å². The summed E-state index contributed by atoms with van der Waals surface area (Å²) in [4.78, 5) is 3.57. The number of sulfonamides is 1. The molecule has 140 valence electrons. The molecule has 5 nitrogen and oxygen atoms in total. The van der Waals surface area contributed by atoms with Gasteiger partial charge in [0.15, 0.2) is 0 Å². The average molecular weight is 455 g/mol. The Balaban J connectivity index is 1.81. The van der Waals surface area contributed by atoms with Crippen molar-refractivity contribution in [3.63, 3.8) is 0 Å². The van der Waals surface area contributed by atoms with E-state index in [1.54, 1.807) is 18.2 Å². The third-order valence-electron chi connectivity index (χ3n) is 3.50. The number of pyridine rings is 1. The first-order valence-corrected chi connectivity index (χ1v) is 9.95. The Bertz CT molecular complexity index is 1080. The lowest BCUT2D eigenvalue weighted by atomic mass is 10.3. The van der Waals surface area contributed by atoms with Gasteiger partial charge in [0.2, 0.25) is 15.9 Å². The lowest BCUT2D eigenvalue weighted by molar-refractivity contribution is 0.450. The van der Waals surface area contributed by atoms with Crippen LogP contribution in [-0.4, -0.2) is 13.4 Å². The SMILES string of the molecule is O=S(=O)(NCc1cccnc1Oc1cccc(F)c1)c1cc(Br)ccc1F. The molecule has 0 radical (unpaired) electrons. The zero-order chi connectivity index (χ0) is 19.4. The summed E-state index contributed by atoms with van der Waals surface area (Å²) < 4.78 is 60.3. The summed E-state index contributed by atoms with van der Waals surface area (Å²) in [6, 6.07) is 12.3. The van der Waals surface area contributed by atoms with Gasteiger partial charge in [-0.2, -0.15) is 0 Å². The van der Waals surface area contributed by atoms with Gasteiger partial charge in [-0.25, -0.2) is 26.9 Å². The first-order valence-electron chi connectivity index (χ1n) is 7.67. The molecule has 1 aromatic heterocycles. The van der Waals surface area contributed by atoms with Crippen molar-refractivity contribution in [3.8, 4) is 11.6 Å². The molecule has 0 fully saturated rings. The van der Waals surface area contributed by atoms with E-state index in [1.807, 2.05) is 0 Å². The van der Waals surface area contributed by atoms with E-state index in [4.69, 9.17) is 4.74 Å². The van der Waals surface area contributed by atoms with Crippen LogP contribution in [-0.2, 0) is 16.6 Å². The van der Waals surface area contributed by atoms with Crippen molar-refractivity contribution in [3.05, 3.63) is 82.5 Å². The highest BCUT2D eigenvalue weighted by Crippen LogP contribution is 2.24. The van der Waals surface area contributed by atoms with Crippen LogP contribution in [0.2, 0.25) is 0 Å². The van der Waals surface area contributed by atoms with Gasteiger partial charge >= 0.3 is 0 Å². The van der Waals surface area contributed by atoms with Crippen LogP contribution < -0.4 is 9.46 Å². The second kappa shape index (κ2) is 8.12. The lowest BCUT2D eigenvalue weighted by Crippen LogP contribution is -2.24. The van der Waals surface area contributed by atoms with Crippen molar-refractivity contribution in [2.24, 2.45) is 0 Å². The molecule has 3 aromatic rings. The second-order valence-electron chi connectivity index (χ2n) is 5.43. The molecule has 0 saturated carbocycles. The van der Waals surface area contributed by atoms with Crippen molar-refractivity contribution in [1.29, 1.82) is 0 Å². The molecule has 1 N–H and O–H groups in total. The van der Waals surface area contributed by atoms with Crippen LogP contribution in [0, 0.1) is 11.6 Å². The first kappa shape index (κ1) is 19.4. The average Bonchev–Trinajstić information content (AvgIpc) is 2.63. The van der Waals surface area contributed by atoms with Crippen molar-refractivity contribution >= 4 is 26.0 Å². The summed E-state index contributed by atoms with van der Waals surface area (Å²) >= 11 is 3.12. The topological polar surface area (TPSA) is 68.3 Å². The largest absolute Gasteiger partial charge is 0.439 e. The van der Waals surface area contributed by atoms with Gasteiger partial charge in [0.05, 0.1) is 0 Å². The summed E-state index contributed by atoms with van der Waals surface area (Å²) in [5.74, 6) is -1.01. The predicted molar refractivity (Wildman–Crippen MR) is 98.8 cm³/mol. The van der Waals surface area contributed by atoms with E-state index in [-0.39, 0.29) is 18.2 Å². The molecule has 0 aliphatic rings. The summed E-state index contributed by atoms with van der Waals surface area (Å²) in [5, 5.41) is 0. The Morgan fingerprint density at radius 1 is 1.07 bits per heavy atom. The van der Waals surface area contributed by atoms with Crippen LogP contribution in [0.1, 0.15) is 5.56 Å². The zero-order valence-electron chi connectivity index (χ0n) is 13.7. The predicted octanol–water partition coefficient (Wildman–Crippen LogP) is 4.39. The molecule has 3 rings (SSSR count). The van der Waals surface area contributed by atoms with Crippen LogP contribution in [0.15, 0.2) is 70.2 Å². The molecule has 0 unspecified atom stereocenters. The van der Waals surface area contributed by atoms with Crippen molar-refractivity contribution in [2.45, 2.75) is 11.4 Å². The molecule has 0 bridgehead atoms. The van der Waals surface area contributed by atoms with E-state index in [1.165, 1.54) is 36.5 Å². The quantitative estimate of drug-likeness (QED) is 0.599. The van der Waals surface area contributed by atoms with Gasteiger partial charge < -0.3 is 4.74 Å². The molecule has 0 amide bonds. The van der Waals surface area contributed by atoms with Crippen molar-refractivity contribution in [2.75, 3.05) is 0 Å². The fourth-order valence-electron chi connectivity index (χ4n) is 2.23. The Labute approximate surface area is 163 Å². The van der Waals surface area contributed by atoms with E-state index < -0.39 is 26.6 Å². The van der Waals surface area contributed by atoms with Gasteiger partial charge in [-0.05, 0) is 36.4 Å². The highest BCUT2D eigenvalue weighted by molar-refractivity contribution is 9.10. The minimum atomic E-state index is -4.11. The van der Waals surface area contributed by atoms with Crippen LogP contribution in [0.25, 0.3) is 0 Å². The molecular formula is C18H13BrF2N2O3S. The molecule has 0 spiro atoms. The molecule has 9 heteroatoms. The Morgan fingerprint density at radius 2 is 1.89 bits per heavy atom. The lowest BCUT2D eigenvalue weighted by Gasteiger charge is -2.12. The summed E-state index contributed by atoms with van der Waals surface area (Å²) in [7, 11) is -4.11. The highest BCUT2D eigenvalue weighted by Gasteiger charge is 2.20. The van der Waals surface area contributed by atoms with Gasteiger partial charge in [-0.3, -0.25) is 0 Å². The van der Waals surface area contributed by atoms with E-state index in [0.717, 1.165) is 6.07 Å². The summed E-state index contributed by atoms with van der Waals surface area (Å²) in [5.41, 5.74) is 0.403. The normalized spacial score (nSPS) is 11.4. The number of ether oxygens (including phenoxy) is 1. The number of aromatic nitrogens is 1. The van der Waals surface area contributed by atoms with E-state index >= 15 is 0 Å². The number of benzene rings is 2. The summed E-state index contributed by atoms with van der Waals surface area (Å²) in [6.45, 7) is -0.188. The Kier molecular flexibility index (Phi) is 5.83. The molecule has 27 heavy (non-hydrogen) atoms. The second-order valence-corrected chi connectivity index (χ2v) is 8.08. The maximum Gasteiger partial charge on any atom is 0.243 e. The minimum Gasteiger partial charge on any atom is -0.439 e. The molecule has 0 aliphatic heterocycles. The van der Waals surface area contributed by atoms with Gasteiger partial charge in [0.1, 0.15) is 22.3 Å². The number of nitrogens with zero attached hydrogens (tertiary/aromatic N) is 1. The van der Waals surface area contributed by atoms with E-state index in [0.29, 0.717) is 10.0 Å². The number of rotatable bonds is 6. The molecule has 1 heterocycles. The maximum atomic E-state index is 13.9.